The minimum absolute atomic E-state index is 0.0193. The first-order valence-corrected chi connectivity index (χ1v) is 6.13. The molecule has 1 saturated carbocycles. The molecule has 0 radical (unpaired) electrons. The van der Waals surface area contributed by atoms with Crippen molar-refractivity contribution < 1.29 is 9.13 Å². The molecule has 1 aliphatic rings. The molecule has 0 amide bonds. The van der Waals surface area contributed by atoms with E-state index in [4.69, 9.17) is 4.74 Å². The predicted octanol–water partition coefficient (Wildman–Crippen LogP) is 2.34. The molecule has 0 aliphatic heterocycles. The van der Waals surface area contributed by atoms with Gasteiger partial charge in [0.2, 0.25) is 0 Å². The Hall–Kier alpha value is -0.930. The molecular weight excluding hydrogens is 217 g/mol. The zero-order chi connectivity index (χ0) is 12.3. The second kappa shape index (κ2) is 5.15. The molecule has 2 rings (SSSR count). The Balaban J connectivity index is 1.89. The van der Waals surface area contributed by atoms with Crippen molar-refractivity contribution in [3.05, 3.63) is 35.6 Å². The maximum absolute atomic E-state index is 13.7. The Morgan fingerprint density at radius 3 is 2.94 bits per heavy atom. The van der Waals surface area contributed by atoms with Crippen molar-refractivity contribution in [1.29, 1.82) is 0 Å². The van der Waals surface area contributed by atoms with Gasteiger partial charge in [0.25, 0.3) is 0 Å². The smallest absolute Gasteiger partial charge is 0.126 e. The number of halogens is 1. The first kappa shape index (κ1) is 12.5. The fourth-order valence-corrected chi connectivity index (χ4v) is 2.46. The lowest BCUT2D eigenvalue weighted by Crippen LogP contribution is -2.24. The number of methoxy groups -OCH3 is 1. The van der Waals surface area contributed by atoms with Gasteiger partial charge in [0.15, 0.2) is 0 Å². The van der Waals surface area contributed by atoms with E-state index in [1.54, 1.807) is 19.2 Å². The first-order chi connectivity index (χ1) is 8.18. The van der Waals surface area contributed by atoms with Crippen molar-refractivity contribution >= 4 is 0 Å². The van der Waals surface area contributed by atoms with Gasteiger partial charge in [-0.1, -0.05) is 25.1 Å². The molecule has 1 fully saturated rings. The standard InChI is InChI=1S/C14H20FNO/c1-14(12-5-3-4-6-13(12)15)9-11(14)10-16-7-8-17-2/h3-6,11,16H,7-10H2,1-2H3. The average Bonchev–Trinajstić information content (AvgIpc) is 2.98. The molecule has 3 heteroatoms. The highest BCUT2D eigenvalue weighted by atomic mass is 19.1. The number of nitrogens with one attached hydrogen (secondary N) is 1. The van der Waals surface area contributed by atoms with Gasteiger partial charge < -0.3 is 10.1 Å². The van der Waals surface area contributed by atoms with Gasteiger partial charge in [0.1, 0.15) is 5.82 Å². The minimum atomic E-state index is -0.0746. The Labute approximate surface area is 102 Å². The van der Waals surface area contributed by atoms with Crippen molar-refractivity contribution in [2.45, 2.75) is 18.8 Å². The molecule has 0 spiro atoms. The fraction of sp³-hybridized carbons (Fsp3) is 0.571. The number of ether oxygens (including phenoxy) is 1. The largest absolute Gasteiger partial charge is 0.383 e. The number of benzene rings is 1. The maximum atomic E-state index is 13.7. The lowest BCUT2D eigenvalue weighted by atomic mass is 9.95. The molecule has 17 heavy (non-hydrogen) atoms. The summed E-state index contributed by atoms with van der Waals surface area (Å²) in [4.78, 5) is 0. The van der Waals surface area contributed by atoms with E-state index in [1.165, 1.54) is 0 Å². The SMILES string of the molecule is COCCNCC1CC1(C)c1ccccc1F. The molecule has 1 N–H and O–H groups in total. The molecular formula is C14H20FNO. The third kappa shape index (κ3) is 2.67. The van der Waals surface area contributed by atoms with Gasteiger partial charge in [-0.15, -0.1) is 0 Å². The van der Waals surface area contributed by atoms with E-state index in [9.17, 15) is 4.39 Å². The van der Waals surface area contributed by atoms with Crippen molar-refractivity contribution in [3.8, 4) is 0 Å². The van der Waals surface area contributed by atoms with Crippen molar-refractivity contribution in [2.75, 3.05) is 26.8 Å². The van der Waals surface area contributed by atoms with Crippen LogP contribution in [0.15, 0.2) is 24.3 Å². The van der Waals surface area contributed by atoms with E-state index in [-0.39, 0.29) is 11.2 Å². The summed E-state index contributed by atoms with van der Waals surface area (Å²) in [5.74, 6) is 0.464. The lowest BCUT2D eigenvalue weighted by Gasteiger charge is -2.13. The minimum Gasteiger partial charge on any atom is -0.383 e. The van der Waals surface area contributed by atoms with Gasteiger partial charge in [0.05, 0.1) is 6.61 Å². The number of hydrogen-bond acceptors (Lipinski definition) is 2. The third-order valence-corrected chi connectivity index (χ3v) is 3.77. The van der Waals surface area contributed by atoms with Gasteiger partial charge in [-0.05, 0) is 35.9 Å². The molecule has 2 atom stereocenters. The summed E-state index contributed by atoms with van der Waals surface area (Å²) in [6, 6.07) is 7.12. The zero-order valence-corrected chi connectivity index (χ0v) is 10.5. The highest BCUT2D eigenvalue weighted by Crippen LogP contribution is 2.54. The van der Waals surface area contributed by atoms with Crippen LogP contribution in [0.25, 0.3) is 0 Å². The Bertz CT molecular complexity index is 382. The van der Waals surface area contributed by atoms with Crippen LogP contribution in [0.3, 0.4) is 0 Å². The van der Waals surface area contributed by atoms with E-state index in [1.807, 2.05) is 12.1 Å². The van der Waals surface area contributed by atoms with Gasteiger partial charge in [-0.3, -0.25) is 0 Å². The molecule has 1 aromatic carbocycles. The molecule has 1 aromatic rings. The predicted molar refractivity (Wildman–Crippen MR) is 66.6 cm³/mol. The zero-order valence-electron chi connectivity index (χ0n) is 10.5. The third-order valence-electron chi connectivity index (χ3n) is 3.77. The summed E-state index contributed by atoms with van der Waals surface area (Å²) in [6.45, 7) is 4.67. The first-order valence-electron chi connectivity index (χ1n) is 6.13. The topological polar surface area (TPSA) is 21.3 Å². The van der Waals surface area contributed by atoms with Crippen LogP contribution in [0.5, 0.6) is 0 Å². The van der Waals surface area contributed by atoms with E-state index in [0.29, 0.717) is 5.92 Å². The normalized spacial score (nSPS) is 27.1. The van der Waals surface area contributed by atoms with Gasteiger partial charge in [-0.2, -0.15) is 0 Å². The van der Waals surface area contributed by atoms with Crippen LogP contribution in [0.4, 0.5) is 4.39 Å². The quantitative estimate of drug-likeness (QED) is 0.767. The second-order valence-electron chi connectivity index (χ2n) is 5.00. The van der Waals surface area contributed by atoms with Gasteiger partial charge in [-0.25, -0.2) is 4.39 Å². The summed E-state index contributed by atoms with van der Waals surface area (Å²) in [5, 5.41) is 3.35. The van der Waals surface area contributed by atoms with E-state index < -0.39 is 0 Å². The monoisotopic (exact) mass is 237 g/mol. The molecule has 2 unspecified atom stereocenters. The van der Waals surface area contributed by atoms with Crippen LogP contribution in [-0.4, -0.2) is 26.8 Å². The molecule has 2 nitrogen and oxygen atoms in total. The molecule has 0 aromatic heterocycles. The Morgan fingerprint density at radius 2 is 2.24 bits per heavy atom. The average molecular weight is 237 g/mol. The van der Waals surface area contributed by atoms with Crippen LogP contribution in [0, 0.1) is 11.7 Å². The summed E-state index contributed by atoms with van der Waals surface area (Å²) in [5.41, 5.74) is 0.879. The van der Waals surface area contributed by atoms with Crippen LogP contribution >= 0.6 is 0 Å². The van der Waals surface area contributed by atoms with E-state index in [2.05, 4.69) is 12.2 Å². The van der Waals surface area contributed by atoms with E-state index >= 15 is 0 Å². The van der Waals surface area contributed by atoms with Crippen molar-refractivity contribution in [3.63, 3.8) is 0 Å². The van der Waals surface area contributed by atoms with Crippen LogP contribution in [-0.2, 0) is 10.2 Å². The van der Waals surface area contributed by atoms with Gasteiger partial charge >= 0.3 is 0 Å². The second-order valence-corrected chi connectivity index (χ2v) is 5.00. The van der Waals surface area contributed by atoms with Crippen molar-refractivity contribution in [2.24, 2.45) is 5.92 Å². The van der Waals surface area contributed by atoms with Crippen molar-refractivity contribution in [1.82, 2.24) is 5.32 Å². The van der Waals surface area contributed by atoms with E-state index in [0.717, 1.165) is 31.7 Å². The summed E-state index contributed by atoms with van der Waals surface area (Å²) in [7, 11) is 1.70. The highest BCUT2D eigenvalue weighted by Gasteiger charge is 2.51. The number of hydrogen-bond donors (Lipinski definition) is 1. The Morgan fingerprint density at radius 1 is 1.47 bits per heavy atom. The molecule has 1 aliphatic carbocycles. The molecule has 0 bridgehead atoms. The molecule has 94 valence electrons. The number of rotatable bonds is 6. The van der Waals surface area contributed by atoms with Crippen LogP contribution < -0.4 is 5.32 Å². The lowest BCUT2D eigenvalue weighted by molar-refractivity contribution is 0.199. The molecule has 0 saturated heterocycles. The summed E-state index contributed by atoms with van der Waals surface area (Å²) >= 11 is 0. The van der Waals surface area contributed by atoms with Crippen LogP contribution in [0.1, 0.15) is 18.9 Å². The van der Waals surface area contributed by atoms with Crippen LogP contribution in [0.2, 0.25) is 0 Å². The van der Waals surface area contributed by atoms with Gasteiger partial charge in [0, 0.05) is 13.7 Å². The maximum Gasteiger partial charge on any atom is 0.126 e. The highest BCUT2D eigenvalue weighted by molar-refractivity contribution is 5.33. The fourth-order valence-electron chi connectivity index (χ4n) is 2.46. The summed E-state index contributed by atoms with van der Waals surface area (Å²) in [6.07, 6.45) is 1.06. The summed E-state index contributed by atoms with van der Waals surface area (Å²) < 4.78 is 18.7. The Kier molecular flexibility index (Phi) is 3.79. The molecule has 0 heterocycles.